The van der Waals surface area contributed by atoms with Gasteiger partial charge in [-0.3, -0.25) is 9.78 Å². The molecule has 0 fully saturated rings. The van der Waals surface area contributed by atoms with Crippen LogP contribution in [0.15, 0.2) is 12.3 Å². The minimum atomic E-state index is -0.00148. The normalized spacial score (nSPS) is 10.3. The number of carbonyl (C=O) groups excluding carboxylic acids is 1. The molecule has 0 aliphatic rings. The van der Waals surface area contributed by atoms with Gasteiger partial charge >= 0.3 is 0 Å². The largest absolute Gasteiger partial charge is 0.397 e. The molecule has 0 saturated carbocycles. The highest BCUT2D eigenvalue weighted by molar-refractivity contribution is 5.95. The molecule has 2 N–H and O–H groups in total. The molecule has 1 heterocycles. The second-order valence-electron chi connectivity index (χ2n) is 4.34. The van der Waals surface area contributed by atoms with Crippen molar-refractivity contribution in [3.05, 3.63) is 23.5 Å². The van der Waals surface area contributed by atoms with E-state index in [4.69, 9.17) is 5.73 Å². The minimum absolute atomic E-state index is 0.00148. The van der Waals surface area contributed by atoms with Gasteiger partial charge in [0.1, 0.15) is 0 Å². The van der Waals surface area contributed by atoms with Crippen LogP contribution in [0.1, 0.15) is 42.2 Å². The lowest BCUT2D eigenvalue weighted by atomic mass is 10.1. The number of hydrogen-bond acceptors (Lipinski definition) is 3. The number of carbonyl (C=O) groups is 1. The van der Waals surface area contributed by atoms with Crippen molar-refractivity contribution < 1.29 is 4.79 Å². The number of anilines is 1. The molecule has 1 aromatic heterocycles. The second kappa shape index (κ2) is 6.23. The van der Waals surface area contributed by atoms with Gasteiger partial charge in [-0.05, 0) is 19.4 Å². The maximum absolute atomic E-state index is 12.1. The summed E-state index contributed by atoms with van der Waals surface area (Å²) in [6, 6.07) is 1.70. The summed E-state index contributed by atoms with van der Waals surface area (Å²) in [6.45, 7) is 4.75. The van der Waals surface area contributed by atoms with Gasteiger partial charge in [-0.1, -0.05) is 19.8 Å². The highest BCUT2D eigenvalue weighted by Gasteiger charge is 2.14. The number of nitrogens with zero attached hydrogens (tertiary/aromatic N) is 2. The Balaban J connectivity index is 2.71. The maximum Gasteiger partial charge on any atom is 0.255 e. The van der Waals surface area contributed by atoms with Crippen LogP contribution in [0.2, 0.25) is 0 Å². The zero-order valence-corrected chi connectivity index (χ0v) is 10.9. The van der Waals surface area contributed by atoms with Crippen molar-refractivity contribution in [1.82, 2.24) is 9.88 Å². The SMILES string of the molecule is CCCCCN(C)C(=O)c1cc(N)cnc1C. The van der Waals surface area contributed by atoms with E-state index in [-0.39, 0.29) is 5.91 Å². The first-order valence-electron chi connectivity index (χ1n) is 6.03. The van der Waals surface area contributed by atoms with Crippen molar-refractivity contribution in [3.8, 4) is 0 Å². The fourth-order valence-electron chi connectivity index (χ4n) is 1.67. The molecule has 0 saturated heterocycles. The Morgan fingerprint density at radius 3 is 2.82 bits per heavy atom. The minimum Gasteiger partial charge on any atom is -0.397 e. The van der Waals surface area contributed by atoms with Gasteiger partial charge in [0.05, 0.1) is 23.1 Å². The van der Waals surface area contributed by atoms with Gasteiger partial charge in [-0.15, -0.1) is 0 Å². The lowest BCUT2D eigenvalue weighted by Gasteiger charge is -2.18. The first-order chi connectivity index (χ1) is 8.06. The molecule has 0 radical (unpaired) electrons. The Hall–Kier alpha value is -1.58. The summed E-state index contributed by atoms with van der Waals surface area (Å²) in [6.07, 6.45) is 4.91. The van der Waals surface area contributed by atoms with Crippen molar-refractivity contribution in [1.29, 1.82) is 0 Å². The molecular weight excluding hydrogens is 214 g/mol. The average molecular weight is 235 g/mol. The van der Waals surface area contributed by atoms with Crippen LogP contribution in [0.5, 0.6) is 0 Å². The molecule has 0 aliphatic carbocycles. The highest BCUT2D eigenvalue weighted by Crippen LogP contribution is 2.12. The van der Waals surface area contributed by atoms with Gasteiger partial charge < -0.3 is 10.6 Å². The average Bonchev–Trinajstić information content (AvgIpc) is 2.31. The first kappa shape index (κ1) is 13.5. The summed E-state index contributed by atoms with van der Waals surface area (Å²) in [5, 5.41) is 0. The van der Waals surface area contributed by atoms with Crippen molar-refractivity contribution in [2.45, 2.75) is 33.1 Å². The lowest BCUT2D eigenvalue weighted by Crippen LogP contribution is -2.28. The van der Waals surface area contributed by atoms with Gasteiger partial charge in [0.25, 0.3) is 5.91 Å². The number of unbranched alkanes of at least 4 members (excludes halogenated alkanes) is 2. The van der Waals surface area contributed by atoms with E-state index in [0.717, 1.165) is 31.5 Å². The van der Waals surface area contributed by atoms with Crippen LogP contribution >= 0.6 is 0 Å². The van der Waals surface area contributed by atoms with Gasteiger partial charge in [-0.25, -0.2) is 0 Å². The van der Waals surface area contributed by atoms with E-state index in [1.165, 1.54) is 0 Å². The molecule has 4 heteroatoms. The van der Waals surface area contributed by atoms with E-state index < -0.39 is 0 Å². The summed E-state index contributed by atoms with van der Waals surface area (Å²) in [7, 11) is 1.82. The molecule has 17 heavy (non-hydrogen) atoms. The number of aromatic nitrogens is 1. The predicted molar refractivity (Wildman–Crippen MR) is 69.9 cm³/mol. The van der Waals surface area contributed by atoms with Crippen molar-refractivity contribution in [3.63, 3.8) is 0 Å². The van der Waals surface area contributed by atoms with Crippen LogP contribution < -0.4 is 5.73 Å². The van der Waals surface area contributed by atoms with E-state index >= 15 is 0 Å². The topological polar surface area (TPSA) is 59.2 Å². The number of hydrogen-bond donors (Lipinski definition) is 1. The Morgan fingerprint density at radius 1 is 1.47 bits per heavy atom. The third-order valence-electron chi connectivity index (χ3n) is 2.78. The van der Waals surface area contributed by atoms with Gasteiger partial charge in [-0.2, -0.15) is 0 Å². The summed E-state index contributed by atoms with van der Waals surface area (Å²) in [5.74, 6) is -0.00148. The molecule has 1 aromatic rings. The van der Waals surface area contributed by atoms with Crippen LogP contribution in [0.3, 0.4) is 0 Å². The monoisotopic (exact) mass is 235 g/mol. The third kappa shape index (κ3) is 3.73. The Bertz CT molecular complexity index is 390. The summed E-state index contributed by atoms with van der Waals surface area (Å²) < 4.78 is 0. The number of pyridine rings is 1. The molecule has 0 aromatic carbocycles. The Morgan fingerprint density at radius 2 is 2.18 bits per heavy atom. The summed E-state index contributed by atoms with van der Waals surface area (Å²) in [4.78, 5) is 18.0. The van der Waals surface area contributed by atoms with E-state index in [1.54, 1.807) is 17.2 Å². The van der Waals surface area contributed by atoms with E-state index in [9.17, 15) is 4.79 Å². The van der Waals surface area contributed by atoms with Gasteiger partial charge in [0.15, 0.2) is 0 Å². The van der Waals surface area contributed by atoms with Crippen LogP contribution in [0.4, 0.5) is 5.69 Å². The highest BCUT2D eigenvalue weighted by atomic mass is 16.2. The Kier molecular flexibility index (Phi) is 4.94. The smallest absolute Gasteiger partial charge is 0.255 e. The second-order valence-corrected chi connectivity index (χ2v) is 4.34. The summed E-state index contributed by atoms with van der Waals surface area (Å²) in [5.41, 5.74) is 7.51. The fraction of sp³-hybridized carbons (Fsp3) is 0.538. The maximum atomic E-state index is 12.1. The van der Waals surface area contributed by atoms with E-state index in [1.807, 2.05) is 14.0 Å². The zero-order chi connectivity index (χ0) is 12.8. The summed E-state index contributed by atoms with van der Waals surface area (Å²) >= 11 is 0. The van der Waals surface area contributed by atoms with Gasteiger partial charge in [0, 0.05) is 13.6 Å². The molecule has 0 spiro atoms. The quantitative estimate of drug-likeness (QED) is 0.796. The molecule has 94 valence electrons. The van der Waals surface area contributed by atoms with Crippen LogP contribution in [0.25, 0.3) is 0 Å². The molecule has 0 atom stereocenters. The lowest BCUT2D eigenvalue weighted by molar-refractivity contribution is 0.0791. The molecule has 4 nitrogen and oxygen atoms in total. The number of nitrogen functional groups attached to an aromatic ring is 1. The first-order valence-corrected chi connectivity index (χ1v) is 6.03. The number of amides is 1. The molecule has 0 unspecified atom stereocenters. The third-order valence-corrected chi connectivity index (χ3v) is 2.78. The molecule has 1 amide bonds. The van der Waals surface area contributed by atoms with Gasteiger partial charge in [0.2, 0.25) is 0 Å². The molecular formula is C13H21N3O. The van der Waals surface area contributed by atoms with E-state index in [2.05, 4.69) is 11.9 Å². The molecule has 0 aliphatic heterocycles. The Labute approximate surface area is 103 Å². The molecule has 0 bridgehead atoms. The zero-order valence-electron chi connectivity index (χ0n) is 10.9. The van der Waals surface area contributed by atoms with Crippen LogP contribution in [-0.2, 0) is 0 Å². The molecule has 1 rings (SSSR count). The standard InChI is InChI=1S/C13H21N3O/c1-4-5-6-7-16(3)13(17)12-8-11(14)9-15-10(12)2/h8-9H,4-7,14H2,1-3H3. The van der Waals surface area contributed by atoms with Crippen molar-refractivity contribution in [2.24, 2.45) is 0 Å². The number of rotatable bonds is 5. The van der Waals surface area contributed by atoms with Crippen molar-refractivity contribution in [2.75, 3.05) is 19.3 Å². The van der Waals surface area contributed by atoms with Crippen molar-refractivity contribution >= 4 is 11.6 Å². The fourth-order valence-corrected chi connectivity index (χ4v) is 1.67. The van der Waals surface area contributed by atoms with Crippen LogP contribution in [0, 0.1) is 6.92 Å². The number of nitrogens with two attached hydrogens (primary N) is 1. The predicted octanol–water partition coefficient (Wildman–Crippen LogP) is 2.23. The number of aryl methyl sites for hydroxylation is 1. The van der Waals surface area contributed by atoms with Crippen LogP contribution in [-0.4, -0.2) is 29.4 Å². The van der Waals surface area contributed by atoms with E-state index in [0.29, 0.717) is 11.3 Å².